The van der Waals surface area contributed by atoms with Gasteiger partial charge in [0.1, 0.15) is 0 Å². The van der Waals surface area contributed by atoms with Gasteiger partial charge in [-0.1, -0.05) is 12.1 Å². The second-order valence-electron chi connectivity index (χ2n) is 2.16. The average molecular weight is 228 g/mol. The third kappa shape index (κ3) is 9.81. The molecule has 0 bridgehead atoms. The summed E-state index contributed by atoms with van der Waals surface area (Å²) in [6.07, 6.45) is 0. The second-order valence-corrected chi connectivity index (χ2v) is 2.16. The number of aliphatic hydroxyl groups is 1. The maximum Gasteiger partial charge on any atom is 0.211 e. The summed E-state index contributed by atoms with van der Waals surface area (Å²) in [7, 11) is 1.00. The lowest BCUT2D eigenvalue weighted by Crippen LogP contribution is -2.21. The zero-order chi connectivity index (χ0) is 13.0. The summed E-state index contributed by atoms with van der Waals surface area (Å²) in [5.74, 6) is -0.218. The summed E-state index contributed by atoms with van der Waals surface area (Å²) in [5.41, 5.74) is 9.59. The van der Waals surface area contributed by atoms with Crippen LogP contribution in [0.2, 0.25) is 0 Å². The van der Waals surface area contributed by atoms with E-state index in [1.807, 2.05) is 0 Å². The van der Waals surface area contributed by atoms with Crippen LogP contribution < -0.4 is 11.5 Å². The molecule has 0 atom stereocenters. The van der Waals surface area contributed by atoms with Gasteiger partial charge >= 0.3 is 0 Å². The Balaban J connectivity index is 0. The Morgan fingerprint density at radius 3 is 1.62 bits per heavy atom. The Morgan fingerprint density at radius 1 is 1.12 bits per heavy atom. The van der Waals surface area contributed by atoms with Crippen molar-refractivity contribution in [3.63, 3.8) is 0 Å². The van der Waals surface area contributed by atoms with Crippen LogP contribution in [0.15, 0.2) is 34.5 Å². The summed E-state index contributed by atoms with van der Waals surface area (Å²) in [6.45, 7) is 3.00. The van der Waals surface area contributed by atoms with Gasteiger partial charge in [-0.25, -0.2) is 0 Å². The van der Waals surface area contributed by atoms with E-state index in [0.29, 0.717) is 0 Å². The van der Waals surface area contributed by atoms with Crippen molar-refractivity contribution >= 4 is 12.7 Å². The molecule has 0 aliphatic carbocycles. The minimum atomic E-state index is -0.0764. The molecule has 7 heteroatoms. The second kappa shape index (κ2) is 10.8. The Kier molecular flexibility index (Phi) is 10.9. The number of phenols is 2. The van der Waals surface area contributed by atoms with Crippen molar-refractivity contribution in [1.29, 1.82) is 0 Å². The maximum absolute atomic E-state index is 8.67. The molecule has 16 heavy (non-hydrogen) atoms. The number of phenolic OH excluding ortho intramolecular Hbond substituents is 2. The van der Waals surface area contributed by atoms with E-state index in [9.17, 15) is 0 Å². The molecular weight excluding hydrogens is 212 g/mol. The highest BCUT2D eigenvalue weighted by Gasteiger charge is 1.90. The molecule has 0 aromatic heterocycles. The van der Waals surface area contributed by atoms with Crippen LogP contribution in [0.3, 0.4) is 0 Å². The fourth-order valence-corrected chi connectivity index (χ4v) is 0.546. The molecule has 0 amide bonds. The van der Waals surface area contributed by atoms with Crippen molar-refractivity contribution in [1.82, 2.24) is 0 Å². The molecule has 0 spiro atoms. The predicted octanol–water partition coefficient (Wildman–Crippen LogP) is -0.418. The van der Waals surface area contributed by atoms with Crippen LogP contribution in [0, 0.1) is 0 Å². The fraction of sp³-hybridized carbons (Fsp3) is 0.111. The quantitative estimate of drug-likeness (QED) is 0.192. The van der Waals surface area contributed by atoms with Crippen LogP contribution in [-0.4, -0.2) is 35.1 Å². The largest absolute Gasteiger partial charge is 0.504 e. The Labute approximate surface area is 93.4 Å². The molecule has 0 heterocycles. The number of guanidine groups is 1. The summed E-state index contributed by atoms with van der Waals surface area (Å²) in [5, 5.41) is 30.5. The number of nitrogens with zero attached hydrogens (tertiary/aromatic N) is 2. The number of aliphatic hydroxyl groups excluding tert-OH is 1. The van der Waals surface area contributed by atoms with E-state index < -0.39 is 0 Å². The number of aromatic hydroxyl groups is 2. The summed E-state index contributed by atoms with van der Waals surface area (Å²) < 4.78 is 0. The van der Waals surface area contributed by atoms with Gasteiger partial charge in [0.15, 0.2) is 11.5 Å². The van der Waals surface area contributed by atoms with Gasteiger partial charge in [0.05, 0.1) is 0 Å². The van der Waals surface area contributed by atoms with E-state index >= 15 is 0 Å². The van der Waals surface area contributed by atoms with E-state index in [-0.39, 0.29) is 17.5 Å². The van der Waals surface area contributed by atoms with Gasteiger partial charge in [0, 0.05) is 13.8 Å². The highest BCUT2D eigenvalue weighted by atomic mass is 16.3. The van der Waals surface area contributed by atoms with Crippen LogP contribution in [0.25, 0.3) is 0 Å². The summed E-state index contributed by atoms with van der Waals surface area (Å²) in [6, 6.07) is 6.15. The highest BCUT2D eigenvalue weighted by molar-refractivity contribution is 5.75. The Hall–Kier alpha value is -2.28. The molecule has 0 saturated carbocycles. The molecule has 0 radical (unpaired) electrons. The van der Waals surface area contributed by atoms with Gasteiger partial charge in [0.25, 0.3) is 0 Å². The standard InChI is InChI=1S/C6H6O2.C2H6N4.CH4O/c7-5-3-1-2-4-6(5)8;1-5-6-2(3)4;1-2/h1-4,7-8H;1H2,(H4,3,4,6);2H,1H3. The highest BCUT2D eigenvalue weighted by Crippen LogP contribution is 2.21. The van der Waals surface area contributed by atoms with Crippen molar-refractivity contribution in [3.8, 4) is 11.5 Å². The number of hydrogen-bond acceptors (Lipinski definition) is 5. The minimum Gasteiger partial charge on any atom is -0.504 e. The molecule has 0 aliphatic heterocycles. The van der Waals surface area contributed by atoms with E-state index in [4.69, 9.17) is 26.8 Å². The predicted molar refractivity (Wildman–Crippen MR) is 63.3 cm³/mol. The Bertz CT molecular complexity index is 303. The fourth-order valence-electron chi connectivity index (χ4n) is 0.546. The van der Waals surface area contributed by atoms with Gasteiger partial charge in [-0.05, 0) is 12.1 Å². The Morgan fingerprint density at radius 2 is 1.50 bits per heavy atom. The molecule has 0 unspecified atom stereocenters. The van der Waals surface area contributed by atoms with Crippen molar-refractivity contribution in [2.24, 2.45) is 21.7 Å². The summed E-state index contributed by atoms with van der Waals surface area (Å²) in [4.78, 5) is 0. The number of para-hydroxylation sites is 2. The van der Waals surface area contributed by atoms with Gasteiger partial charge in [0.2, 0.25) is 5.96 Å². The molecule has 90 valence electrons. The average Bonchev–Trinajstić information content (AvgIpc) is 2.26. The number of rotatable bonds is 1. The lowest BCUT2D eigenvalue weighted by atomic mass is 10.3. The van der Waals surface area contributed by atoms with Gasteiger partial charge < -0.3 is 26.8 Å². The molecule has 1 aromatic rings. The van der Waals surface area contributed by atoms with Gasteiger partial charge in [-0.2, -0.15) is 5.10 Å². The van der Waals surface area contributed by atoms with Gasteiger partial charge in [-0.3, -0.25) is 0 Å². The number of nitrogens with two attached hydrogens (primary N) is 2. The SMILES string of the molecule is C=NN=C(N)N.CO.Oc1ccccc1O. The van der Waals surface area contributed by atoms with Crippen molar-refractivity contribution in [3.05, 3.63) is 24.3 Å². The van der Waals surface area contributed by atoms with Crippen LogP contribution in [-0.2, 0) is 0 Å². The maximum atomic E-state index is 8.67. The van der Waals surface area contributed by atoms with Crippen molar-refractivity contribution in [2.75, 3.05) is 7.11 Å². The van der Waals surface area contributed by atoms with Crippen LogP contribution >= 0.6 is 0 Å². The first-order valence-electron chi connectivity index (χ1n) is 4.04. The normalized spacial score (nSPS) is 7.38. The minimum absolute atomic E-state index is 0.0648. The molecular formula is C9H16N4O3. The molecule has 0 fully saturated rings. The molecule has 7 nitrogen and oxygen atoms in total. The molecule has 1 rings (SSSR count). The van der Waals surface area contributed by atoms with E-state index in [0.717, 1.165) is 7.11 Å². The third-order valence-corrected chi connectivity index (χ3v) is 1.07. The monoisotopic (exact) mass is 228 g/mol. The molecule has 0 saturated heterocycles. The van der Waals surface area contributed by atoms with Crippen LogP contribution in [0.5, 0.6) is 11.5 Å². The lowest BCUT2D eigenvalue weighted by molar-refractivity contribution is 0.399. The zero-order valence-corrected chi connectivity index (χ0v) is 8.91. The van der Waals surface area contributed by atoms with E-state index in [1.165, 1.54) is 12.1 Å². The van der Waals surface area contributed by atoms with Crippen LogP contribution in [0.4, 0.5) is 0 Å². The third-order valence-electron chi connectivity index (χ3n) is 1.07. The molecule has 7 N–H and O–H groups in total. The van der Waals surface area contributed by atoms with E-state index in [2.05, 4.69) is 16.9 Å². The van der Waals surface area contributed by atoms with E-state index in [1.54, 1.807) is 12.1 Å². The molecule has 0 aliphatic rings. The first-order chi connectivity index (χ1) is 7.57. The lowest BCUT2D eigenvalue weighted by Gasteiger charge is -1.91. The van der Waals surface area contributed by atoms with Crippen molar-refractivity contribution in [2.45, 2.75) is 0 Å². The number of hydrogen-bond donors (Lipinski definition) is 5. The summed E-state index contributed by atoms with van der Waals surface area (Å²) >= 11 is 0. The van der Waals surface area contributed by atoms with Crippen LogP contribution in [0.1, 0.15) is 0 Å². The molecule has 1 aromatic carbocycles. The van der Waals surface area contributed by atoms with Gasteiger partial charge in [-0.15, -0.1) is 5.10 Å². The topological polar surface area (TPSA) is 137 Å². The number of benzene rings is 1. The zero-order valence-electron chi connectivity index (χ0n) is 8.91. The smallest absolute Gasteiger partial charge is 0.211 e. The first-order valence-corrected chi connectivity index (χ1v) is 4.04. The first kappa shape index (κ1) is 16.2. The van der Waals surface area contributed by atoms with Crippen molar-refractivity contribution < 1.29 is 15.3 Å².